The number of nitro groups is 1. The van der Waals surface area contributed by atoms with Crippen molar-refractivity contribution in [1.82, 2.24) is 9.88 Å². The number of nitrogens with one attached hydrogen (secondary N) is 1. The Balaban J connectivity index is 2.11. The molecular weight excluding hydrogens is 343 g/mol. The molecule has 0 fully saturated rings. The number of carbonyl (C=O) groups is 2. The summed E-state index contributed by atoms with van der Waals surface area (Å²) in [5, 5.41) is 13.1. The Morgan fingerprint density at radius 2 is 1.92 bits per heavy atom. The van der Waals surface area contributed by atoms with Gasteiger partial charge in [0.25, 0.3) is 11.8 Å². The molecule has 0 spiro atoms. The molecule has 9 heteroatoms. The Labute approximate surface area is 148 Å². The normalized spacial score (nSPS) is 10.3. The number of carbonyl (C=O) groups excluding carboxylic acids is 2. The van der Waals surface area contributed by atoms with E-state index >= 15 is 0 Å². The molecule has 136 valence electrons. The summed E-state index contributed by atoms with van der Waals surface area (Å²) in [7, 11) is 0. The first-order chi connectivity index (χ1) is 12.4. The molecule has 0 aliphatic carbocycles. The Morgan fingerprint density at radius 3 is 2.42 bits per heavy atom. The van der Waals surface area contributed by atoms with Crippen molar-refractivity contribution in [3.05, 3.63) is 63.7 Å². The number of rotatable bonds is 6. The van der Waals surface area contributed by atoms with Crippen LogP contribution in [-0.2, 0) is 0 Å². The number of amides is 2. The van der Waals surface area contributed by atoms with Gasteiger partial charge in [-0.3, -0.25) is 19.7 Å². The largest absolute Gasteiger partial charge is 0.338 e. The van der Waals surface area contributed by atoms with E-state index in [1.807, 2.05) is 13.8 Å². The van der Waals surface area contributed by atoms with Crippen LogP contribution >= 0.6 is 0 Å². The molecule has 0 bridgehead atoms. The number of hydrogen-bond acceptors (Lipinski definition) is 5. The molecule has 0 saturated heterocycles. The molecule has 0 radical (unpaired) electrons. The van der Waals surface area contributed by atoms with Gasteiger partial charge in [-0.05, 0) is 38.1 Å². The average molecular weight is 360 g/mol. The molecule has 0 saturated carbocycles. The number of hydrogen-bond donors (Lipinski definition) is 1. The second-order valence-electron chi connectivity index (χ2n) is 5.29. The number of halogens is 1. The molecule has 0 atom stereocenters. The lowest BCUT2D eigenvalue weighted by molar-refractivity contribution is -0.387. The highest BCUT2D eigenvalue weighted by atomic mass is 19.1. The molecule has 1 aromatic carbocycles. The zero-order valence-corrected chi connectivity index (χ0v) is 14.2. The van der Waals surface area contributed by atoms with E-state index in [9.17, 15) is 24.1 Å². The minimum atomic E-state index is -1.10. The molecule has 8 nitrogen and oxygen atoms in total. The van der Waals surface area contributed by atoms with Crippen LogP contribution in [0.15, 0.2) is 36.5 Å². The van der Waals surface area contributed by atoms with Crippen LogP contribution in [0.25, 0.3) is 0 Å². The van der Waals surface area contributed by atoms with Gasteiger partial charge in [-0.1, -0.05) is 0 Å². The molecule has 0 unspecified atom stereocenters. The molecule has 0 aliphatic rings. The van der Waals surface area contributed by atoms with Gasteiger partial charge in [0.15, 0.2) is 0 Å². The fourth-order valence-electron chi connectivity index (χ4n) is 2.27. The maximum atomic E-state index is 13.6. The van der Waals surface area contributed by atoms with E-state index in [1.165, 1.54) is 18.3 Å². The van der Waals surface area contributed by atoms with E-state index in [0.29, 0.717) is 18.8 Å². The molecule has 2 rings (SSSR count). The molecule has 2 amide bonds. The van der Waals surface area contributed by atoms with Gasteiger partial charge < -0.3 is 10.2 Å². The molecule has 1 N–H and O–H groups in total. The maximum absolute atomic E-state index is 13.6. The van der Waals surface area contributed by atoms with Gasteiger partial charge in [0.2, 0.25) is 5.82 Å². The number of pyridine rings is 1. The highest BCUT2D eigenvalue weighted by Crippen LogP contribution is 2.19. The summed E-state index contributed by atoms with van der Waals surface area (Å²) in [5.41, 5.74) is -0.225. The Kier molecular flexibility index (Phi) is 5.94. The van der Waals surface area contributed by atoms with Crippen molar-refractivity contribution in [2.75, 3.05) is 18.4 Å². The topological polar surface area (TPSA) is 105 Å². The Morgan fingerprint density at radius 1 is 1.23 bits per heavy atom. The van der Waals surface area contributed by atoms with Crippen LogP contribution < -0.4 is 5.32 Å². The van der Waals surface area contributed by atoms with Crippen LogP contribution in [0.2, 0.25) is 0 Å². The third-order valence-electron chi connectivity index (χ3n) is 3.70. The van der Waals surface area contributed by atoms with Crippen LogP contribution in [0.4, 0.5) is 15.8 Å². The van der Waals surface area contributed by atoms with Gasteiger partial charge >= 0.3 is 5.69 Å². The summed E-state index contributed by atoms with van der Waals surface area (Å²) < 4.78 is 13.6. The monoisotopic (exact) mass is 360 g/mol. The van der Waals surface area contributed by atoms with Crippen molar-refractivity contribution >= 4 is 23.2 Å². The van der Waals surface area contributed by atoms with Crippen molar-refractivity contribution in [2.45, 2.75) is 13.8 Å². The van der Waals surface area contributed by atoms with Crippen molar-refractivity contribution in [3.8, 4) is 0 Å². The summed E-state index contributed by atoms with van der Waals surface area (Å²) in [4.78, 5) is 39.7. The third kappa shape index (κ3) is 4.18. The van der Waals surface area contributed by atoms with Gasteiger partial charge in [-0.15, -0.1) is 0 Å². The van der Waals surface area contributed by atoms with E-state index in [1.54, 1.807) is 4.90 Å². The predicted molar refractivity (Wildman–Crippen MR) is 92.5 cm³/mol. The fourth-order valence-corrected chi connectivity index (χ4v) is 2.27. The van der Waals surface area contributed by atoms with Gasteiger partial charge in [-0.25, -0.2) is 4.98 Å². The van der Waals surface area contributed by atoms with Crippen LogP contribution in [0.1, 0.15) is 34.7 Å². The second-order valence-corrected chi connectivity index (χ2v) is 5.29. The first-order valence-corrected chi connectivity index (χ1v) is 7.88. The fraction of sp³-hybridized carbons (Fsp3) is 0.235. The van der Waals surface area contributed by atoms with Crippen molar-refractivity contribution < 1.29 is 18.9 Å². The number of anilines is 1. The minimum Gasteiger partial charge on any atom is -0.338 e. The molecule has 2 aromatic rings. The SMILES string of the molecule is CCN(CC)C(=O)c1ccc(NC(=O)c2ccc([N+](=O)[O-])c(F)c2)cn1. The third-order valence-corrected chi connectivity index (χ3v) is 3.70. The number of nitro benzene ring substituents is 1. The highest BCUT2D eigenvalue weighted by Gasteiger charge is 2.17. The summed E-state index contributed by atoms with van der Waals surface area (Å²) in [6.07, 6.45) is 1.32. The van der Waals surface area contributed by atoms with Gasteiger partial charge in [0, 0.05) is 24.7 Å². The molecular formula is C17H17FN4O4. The zero-order valence-electron chi connectivity index (χ0n) is 14.2. The second kappa shape index (κ2) is 8.15. The summed E-state index contributed by atoms with van der Waals surface area (Å²) >= 11 is 0. The number of aromatic nitrogens is 1. The van der Waals surface area contributed by atoms with Gasteiger partial charge in [-0.2, -0.15) is 4.39 Å². The quantitative estimate of drug-likeness (QED) is 0.630. The van der Waals surface area contributed by atoms with Gasteiger partial charge in [0.1, 0.15) is 5.69 Å². The van der Waals surface area contributed by atoms with E-state index in [-0.39, 0.29) is 17.2 Å². The molecule has 1 aromatic heterocycles. The molecule has 0 aliphatic heterocycles. The van der Waals surface area contributed by atoms with Crippen LogP contribution in [0.3, 0.4) is 0 Å². The predicted octanol–water partition coefficient (Wildman–Crippen LogP) is 2.86. The van der Waals surface area contributed by atoms with Crippen molar-refractivity contribution in [1.29, 1.82) is 0 Å². The van der Waals surface area contributed by atoms with Crippen LogP contribution in [-0.4, -0.2) is 39.7 Å². The summed E-state index contributed by atoms with van der Waals surface area (Å²) in [6, 6.07) is 5.85. The highest BCUT2D eigenvalue weighted by molar-refractivity contribution is 6.04. The van der Waals surface area contributed by atoms with Crippen molar-refractivity contribution in [2.24, 2.45) is 0 Å². The minimum absolute atomic E-state index is 0.0728. The number of benzene rings is 1. The summed E-state index contributed by atoms with van der Waals surface area (Å²) in [5.74, 6) is -1.96. The van der Waals surface area contributed by atoms with E-state index in [2.05, 4.69) is 10.3 Å². The lowest BCUT2D eigenvalue weighted by atomic mass is 10.2. The van der Waals surface area contributed by atoms with E-state index in [0.717, 1.165) is 18.2 Å². The first-order valence-electron chi connectivity index (χ1n) is 7.88. The smallest absolute Gasteiger partial charge is 0.304 e. The summed E-state index contributed by atoms with van der Waals surface area (Å²) in [6.45, 7) is 4.83. The molecule has 26 heavy (non-hydrogen) atoms. The maximum Gasteiger partial charge on any atom is 0.304 e. The van der Waals surface area contributed by atoms with E-state index in [4.69, 9.17) is 0 Å². The standard InChI is InChI=1S/C17H17FN4O4/c1-3-21(4-2)17(24)14-7-6-12(10-19-14)20-16(23)11-5-8-15(22(25)26)13(18)9-11/h5-10H,3-4H2,1-2H3,(H,20,23). The average Bonchev–Trinajstić information content (AvgIpc) is 2.62. The Bertz CT molecular complexity index is 835. The van der Waals surface area contributed by atoms with E-state index < -0.39 is 22.3 Å². The zero-order chi connectivity index (χ0) is 19.3. The lowest BCUT2D eigenvalue weighted by Crippen LogP contribution is -2.31. The van der Waals surface area contributed by atoms with Crippen LogP contribution in [0.5, 0.6) is 0 Å². The Hall–Kier alpha value is -3.36. The van der Waals surface area contributed by atoms with Crippen molar-refractivity contribution in [3.63, 3.8) is 0 Å². The first kappa shape index (κ1) is 19.0. The van der Waals surface area contributed by atoms with Crippen LogP contribution in [0, 0.1) is 15.9 Å². The molecule has 1 heterocycles. The van der Waals surface area contributed by atoms with Gasteiger partial charge in [0.05, 0.1) is 16.8 Å². The lowest BCUT2D eigenvalue weighted by Gasteiger charge is -2.17. The number of nitrogens with zero attached hydrogens (tertiary/aromatic N) is 3.